The second-order valence-corrected chi connectivity index (χ2v) is 14.0. The monoisotopic (exact) mass is 633 g/mol. The van der Waals surface area contributed by atoms with Crippen LogP contribution in [-0.4, -0.2) is 15.3 Å². The molecule has 3 unspecified atom stereocenters. The largest absolute Gasteiger partial charge is 0.309 e. The summed E-state index contributed by atoms with van der Waals surface area (Å²) in [5.74, 6) is 1.06. The molecule has 2 aliphatic carbocycles. The van der Waals surface area contributed by atoms with Gasteiger partial charge in [0.2, 0.25) is 0 Å². The third kappa shape index (κ3) is 5.00. The van der Waals surface area contributed by atoms with Crippen molar-refractivity contribution in [1.82, 2.24) is 9.13 Å². The van der Waals surface area contributed by atoms with E-state index in [0.29, 0.717) is 18.4 Å². The smallest absolute Gasteiger partial charge is 0.0640 e. The van der Waals surface area contributed by atoms with Gasteiger partial charge in [0.1, 0.15) is 0 Å². The van der Waals surface area contributed by atoms with Gasteiger partial charge in [0.05, 0.1) is 28.6 Å². The first kappa shape index (κ1) is 29.5. The molecule has 0 saturated carbocycles. The molecule has 238 valence electrons. The second kappa shape index (κ2) is 11.8. The minimum absolute atomic E-state index is 0.135. The van der Waals surface area contributed by atoms with Crippen LogP contribution < -0.4 is 0 Å². The molecule has 0 N–H and O–H groups in total. The second-order valence-electron chi connectivity index (χ2n) is 14.0. The van der Waals surface area contributed by atoms with Crippen molar-refractivity contribution < 1.29 is 0 Å². The molecule has 3 heteroatoms. The van der Waals surface area contributed by atoms with E-state index in [0.717, 1.165) is 12.1 Å². The highest BCUT2D eigenvalue weighted by Crippen LogP contribution is 2.43. The molecule has 0 fully saturated rings. The quantitative estimate of drug-likeness (QED) is 0.163. The Kier molecular flexibility index (Phi) is 7.09. The predicted molar refractivity (Wildman–Crippen MR) is 208 cm³/mol. The highest BCUT2D eigenvalue weighted by Gasteiger charge is 2.34. The Balaban J connectivity index is 1.08. The normalized spacial score (nSPS) is 20.7. The average Bonchev–Trinajstić information content (AvgIpc) is 3.64. The molecule has 0 spiro atoms. The first-order valence-corrected chi connectivity index (χ1v) is 17.4. The van der Waals surface area contributed by atoms with Crippen molar-refractivity contribution in [2.24, 2.45) is 22.2 Å². The van der Waals surface area contributed by atoms with Crippen LogP contribution in [0, 0.1) is 17.3 Å². The summed E-state index contributed by atoms with van der Waals surface area (Å²) < 4.78 is 4.82. The summed E-state index contributed by atoms with van der Waals surface area (Å²) >= 11 is 0. The Morgan fingerprint density at radius 1 is 0.673 bits per heavy atom. The Hall–Kier alpha value is -5.67. The molecule has 2 heterocycles. The first-order chi connectivity index (χ1) is 24.1. The maximum atomic E-state index is 4.92. The lowest BCUT2D eigenvalue weighted by molar-refractivity contribution is 0.257. The van der Waals surface area contributed by atoms with Gasteiger partial charge in [-0.15, -0.1) is 0 Å². The Bertz CT molecular complexity index is 2530. The molecule has 0 saturated heterocycles. The number of hydrogen-bond donors (Lipinski definition) is 0. The summed E-state index contributed by atoms with van der Waals surface area (Å²) in [4.78, 5) is 4.92. The minimum Gasteiger partial charge on any atom is -0.309 e. The van der Waals surface area contributed by atoms with Crippen molar-refractivity contribution in [2.75, 3.05) is 0 Å². The standard InChI is InChI=1S/C46H39N3/c1-32-13-6-9-20-41(32)46(2)25-23-33(24-26-46)30-47-31-34-14-12-17-36(27-34)49-43-22-11-8-19-38(43)40-28-39-37-18-7-10-21-42(37)48(44(39)29-45(40)49)35-15-4-3-5-16-35/h3-25,27-30,32,41H,26,31H2,1-2H3/b47-30+. The third-order valence-corrected chi connectivity index (χ3v) is 10.8. The van der Waals surface area contributed by atoms with Gasteiger partial charge < -0.3 is 9.13 Å². The number of hydrogen-bond acceptors (Lipinski definition) is 1. The molecule has 0 aliphatic heterocycles. The lowest BCUT2D eigenvalue weighted by atomic mass is 9.66. The van der Waals surface area contributed by atoms with E-state index in [-0.39, 0.29) is 5.41 Å². The third-order valence-electron chi connectivity index (χ3n) is 10.8. The fourth-order valence-electron chi connectivity index (χ4n) is 8.26. The summed E-state index contributed by atoms with van der Waals surface area (Å²) in [6.45, 7) is 5.33. The summed E-state index contributed by atoms with van der Waals surface area (Å²) in [6, 6.07) is 41.9. The fourth-order valence-corrected chi connectivity index (χ4v) is 8.26. The maximum Gasteiger partial charge on any atom is 0.0640 e. The summed E-state index contributed by atoms with van der Waals surface area (Å²) in [5, 5.41) is 5.06. The molecule has 5 aromatic carbocycles. The maximum absolute atomic E-state index is 4.92. The van der Waals surface area contributed by atoms with E-state index in [9.17, 15) is 0 Å². The van der Waals surface area contributed by atoms with Crippen LogP contribution in [0.4, 0.5) is 0 Å². The van der Waals surface area contributed by atoms with Gasteiger partial charge in [-0.2, -0.15) is 0 Å². The molecule has 3 nitrogen and oxygen atoms in total. The topological polar surface area (TPSA) is 22.2 Å². The first-order valence-electron chi connectivity index (χ1n) is 17.4. The Morgan fingerprint density at radius 2 is 1.33 bits per heavy atom. The van der Waals surface area contributed by atoms with Crippen LogP contribution in [-0.2, 0) is 6.54 Å². The molecular formula is C46H39N3. The molecule has 0 bridgehead atoms. The van der Waals surface area contributed by atoms with Gasteiger partial charge in [-0.1, -0.05) is 123 Å². The molecule has 0 amide bonds. The average molecular weight is 634 g/mol. The molecule has 2 aliphatic rings. The van der Waals surface area contributed by atoms with E-state index in [1.807, 2.05) is 6.21 Å². The summed E-state index contributed by atoms with van der Waals surface area (Å²) in [5.41, 5.74) is 9.67. The van der Waals surface area contributed by atoms with Crippen LogP contribution in [0.3, 0.4) is 0 Å². The van der Waals surface area contributed by atoms with E-state index < -0.39 is 0 Å². The lowest BCUT2D eigenvalue weighted by Gasteiger charge is -2.38. The predicted octanol–water partition coefficient (Wildman–Crippen LogP) is 11.7. The molecule has 9 rings (SSSR count). The SMILES string of the molecule is CC1C=CC=CC1C1(C)C=CC(/C=N/Cc2cccc(-n3c4ccccc4c4cc5c6ccccc6n(-c6ccccc6)c5cc43)c2)=CC1. The molecule has 7 aromatic rings. The highest BCUT2D eigenvalue weighted by molar-refractivity contribution is 6.19. The van der Waals surface area contributed by atoms with E-state index in [4.69, 9.17) is 4.99 Å². The van der Waals surface area contributed by atoms with Crippen molar-refractivity contribution in [2.45, 2.75) is 26.8 Å². The van der Waals surface area contributed by atoms with Crippen molar-refractivity contribution in [1.29, 1.82) is 0 Å². The van der Waals surface area contributed by atoms with E-state index in [1.54, 1.807) is 0 Å². The molecule has 0 radical (unpaired) electrons. The number of allylic oxidation sites excluding steroid dienone is 8. The lowest BCUT2D eigenvalue weighted by Crippen LogP contribution is -2.30. The van der Waals surface area contributed by atoms with Gasteiger partial charge in [0.15, 0.2) is 0 Å². The number of para-hydroxylation sites is 3. The zero-order valence-corrected chi connectivity index (χ0v) is 28.0. The van der Waals surface area contributed by atoms with E-state index >= 15 is 0 Å². The van der Waals surface area contributed by atoms with Crippen molar-refractivity contribution in [3.05, 3.63) is 169 Å². The molecule has 49 heavy (non-hydrogen) atoms. The van der Waals surface area contributed by atoms with Crippen molar-refractivity contribution in [3.8, 4) is 11.4 Å². The number of nitrogens with zero attached hydrogens (tertiary/aromatic N) is 3. The summed E-state index contributed by atoms with van der Waals surface area (Å²) in [7, 11) is 0. The van der Waals surface area contributed by atoms with Crippen molar-refractivity contribution >= 4 is 49.8 Å². The molecule has 3 atom stereocenters. The number of aliphatic imine (C=N–C) groups is 1. The number of fused-ring (bicyclic) bond motifs is 6. The van der Waals surface area contributed by atoms with Crippen LogP contribution in [0.25, 0.3) is 55.0 Å². The highest BCUT2D eigenvalue weighted by atomic mass is 15.0. The van der Waals surface area contributed by atoms with Gasteiger partial charge in [-0.05, 0) is 83.3 Å². The van der Waals surface area contributed by atoms with Gasteiger partial charge in [0.25, 0.3) is 0 Å². The Labute approximate surface area is 287 Å². The van der Waals surface area contributed by atoms with Gasteiger partial charge in [0, 0.05) is 39.1 Å². The Morgan fingerprint density at radius 3 is 2.02 bits per heavy atom. The molecule has 2 aromatic heterocycles. The van der Waals surface area contributed by atoms with Gasteiger partial charge in [-0.3, -0.25) is 4.99 Å². The van der Waals surface area contributed by atoms with Crippen LogP contribution >= 0.6 is 0 Å². The van der Waals surface area contributed by atoms with Crippen LogP contribution in [0.15, 0.2) is 168 Å². The number of rotatable bonds is 6. The van der Waals surface area contributed by atoms with Crippen LogP contribution in [0.1, 0.15) is 25.8 Å². The zero-order chi connectivity index (χ0) is 33.0. The summed E-state index contributed by atoms with van der Waals surface area (Å²) in [6.07, 6.45) is 19.1. The van der Waals surface area contributed by atoms with Gasteiger partial charge >= 0.3 is 0 Å². The zero-order valence-electron chi connectivity index (χ0n) is 28.0. The number of benzene rings is 5. The van der Waals surface area contributed by atoms with Crippen LogP contribution in [0.2, 0.25) is 0 Å². The number of aromatic nitrogens is 2. The van der Waals surface area contributed by atoms with E-state index in [1.165, 1.54) is 60.4 Å². The minimum atomic E-state index is 0.135. The fraction of sp³-hybridized carbons (Fsp3) is 0.152. The van der Waals surface area contributed by atoms with E-state index in [2.05, 4.69) is 181 Å². The van der Waals surface area contributed by atoms with Crippen LogP contribution in [0.5, 0.6) is 0 Å². The van der Waals surface area contributed by atoms with Crippen molar-refractivity contribution in [3.63, 3.8) is 0 Å². The molecular weight excluding hydrogens is 595 g/mol. The van der Waals surface area contributed by atoms with Gasteiger partial charge in [-0.25, -0.2) is 0 Å².